The maximum absolute atomic E-state index is 11.9. The topological polar surface area (TPSA) is 20.3 Å². The molecule has 2 nitrogen and oxygen atoms in total. The van der Waals surface area contributed by atoms with Crippen LogP contribution in [0.4, 0.5) is 0 Å². The fourth-order valence-electron chi connectivity index (χ4n) is 1.21. The number of carbonyl (C=O) groups is 1. The van der Waals surface area contributed by atoms with E-state index in [-0.39, 0.29) is 5.91 Å². The van der Waals surface area contributed by atoms with Crippen LogP contribution in [0.15, 0.2) is 28.7 Å². The average Bonchev–Trinajstić information content (AvgIpc) is 2.26. The smallest absolute Gasteiger partial charge is 0.254 e. The maximum atomic E-state index is 11.9. The molecule has 1 rings (SSSR count). The molecule has 0 bridgehead atoms. The normalized spacial score (nSPS) is 9.40. The van der Waals surface area contributed by atoms with Crippen LogP contribution in [0, 0.1) is 12.3 Å². The Morgan fingerprint density at radius 1 is 1.47 bits per heavy atom. The van der Waals surface area contributed by atoms with Gasteiger partial charge in [0.05, 0.1) is 6.54 Å². The van der Waals surface area contributed by atoms with Gasteiger partial charge in [-0.2, -0.15) is 0 Å². The molecule has 0 fully saturated rings. The Labute approximate surface area is 98.4 Å². The van der Waals surface area contributed by atoms with E-state index in [0.29, 0.717) is 18.7 Å². The second-order valence-corrected chi connectivity index (χ2v) is 3.95. The molecule has 0 spiro atoms. The number of benzene rings is 1. The molecule has 0 saturated heterocycles. The van der Waals surface area contributed by atoms with Crippen molar-refractivity contribution in [3.63, 3.8) is 0 Å². The van der Waals surface area contributed by atoms with E-state index < -0.39 is 0 Å². The summed E-state index contributed by atoms with van der Waals surface area (Å²) in [6.07, 6.45) is 5.19. The molecule has 0 aliphatic rings. The van der Waals surface area contributed by atoms with Crippen molar-refractivity contribution in [1.82, 2.24) is 4.90 Å². The third kappa shape index (κ3) is 3.10. The van der Waals surface area contributed by atoms with Crippen molar-refractivity contribution in [2.24, 2.45) is 0 Å². The first-order valence-corrected chi connectivity index (χ1v) is 5.46. The summed E-state index contributed by atoms with van der Waals surface area (Å²) in [6, 6.07) is 7.26. The first-order chi connectivity index (χ1) is 7.19. The fraction of sp³-hybridized carbons (Fsp3) is 0.250. The molecule has 0 N–H and O–H groups in total. The highest BCUT2D eigenvalue weighted by atomic mass is 79.9. The van der Waals surface area contributed by atoms with E-state index >= 15 is 0 Å². The number of terminal acetylenes is 1. The van der Waals surface area contributed by atoms with Crippen LogP contribution in [-0.4, -0.2) is 23.9 Å². The van der Waals surface area contributed by atoms with Crippen LogP contribution in [0.3, 0.4) is 0 Å². The van der Waals surface area contributed by atoms with Crippen LogP contribution in [0.2, 0.25) is 0 Å². The quantitative estimate of drug-likeness (QED) is 0.770. The Morgan fingerprint density at radius 3 is 2.53 bits per heavy atom. The molecule has 0 aliphatic carbocycles. The van der Waals surface area contributed by atoms with Crippen molar-refractivity contribution in [3.05, 3.63) is 34.3 Å². The summed E-state index contributed by atoms with van der Waals surface area (Å²) in [6.45, 7) is 2.89. The van der Waals surface area contributed by atoms with E-state index in [1.807, 2.05) is 19.1 Å². The molecule has 0 saturated carbocycles. The number of carbonyl (C=O) groups excluding carboxylic acids is 1. The molecule has 0 aromatic heterocycles. The highest BCUT2D eigenvalue weighted by molar-refractivity contribution is 9.10. The molecule has 0 aliphatic heterocycles. The van der Waals surface area contributed by atoms with Gasteiger partial charge < -0.3 is 4.90 Å². The highest BCUT2D eigenvalue weighted by Crippen LogP contribution is 2.12. The predicted molar refractivity (Wildman–Crippen MR) is 64.6 cm³/mol. The van der Waals surface area contributed by atoms with Gasteiger partial charge in [-0.15, -0.1) is 6.42 Å². The molecular formula is C12H12BrNO. The number of hydrogen-bond donors (Lipinski definition) is 0. The highest BCUT2D eigenvalue weighted by Gasteiger charge is 2.12. The third-order valence-corrected chi connectivity index (χ3v) is 2.57. The summed E-state index contributed by atoms with van der Waals surface area (Å²) in [5.41, 5.74) is 0.662. The molecule has 1 aromatic carbocycles. The van der Waals surface area contributed by atoms with Crippen molar-refractivity contribution in [2.45, 2.75) is 6.92 Å². The zero-order valence-corrected chi connectivity index (χ0v) is 10.1. The minimum atomic E-state index is -0.0250. The number of amides is 1. The van der Waals surface area contributed by atoms with Gasteiger partial charge in [-0.1, -0.05) is 21.9 Å². The van der Waals surface area contributed by atoms with Crippen LogP contribution in [-0.2, 0) is 0 Å². The zero-order valence-electron chi connectivity index (χ0n) is 8.53. The predicted octanol–water partition coefficient (Wildman–Crippen LogP) is 2.54. The van der Waals surface area contributed by atoms with Crippen LogP contribution in [0.25, 0.3) is 0 Å². The molecule has 3 heteroatoms. The summed E-state index contributed by atoms with van der Waals surface area (Å²) >= 11 is 3.32. The average molecular weight is 266 g/mol. The van der Waals surface area contributed by atoms with Crippen molar-refractivity contribution >= 4 is 21.8 Å². The van der Waals surface area contributed by atoms with Crippen molar-refractivity contribution in [2.75, 3.05) is 13.1 Å². The number of hydrogen-bond acceptors (Lipinski definition) is 1. The van der Waals surface area contributed by atoms with E-state index in [9.17, 15) is 4.79 Å². The lowest BCUT2D eigenvalue weighted by molar-refractivity contribution is 0.0785. The second-order valence-electron chi connectivity index (χ2n) is 3.03. The second kappa shape index (κ2) is 5.57. The van der Waals surface area contributed by atoms with Gasteiger partial charge in [0.2, 0.25) is 0 Å². The van der Waals surface area contributed by atoms with Crippen LogP contribution >= 0.6 is 15.9 Å². The first kappa shape index (κ1) is 11.8. The summed E-state index contributed by atoms with van der Waals surface area (Å²) in [5, 5.41) is 0. The maximum Gasteiger partial charge on any atom is 0.254 e. The number of halogens is 1. The molecule has 78 valence electrons. The molecule has 15 heavy (non-hydrogen) atoms. The van der Waals surface area contributed by atoms with Crippen molar-refractivity contribution in [3.8, 4) is 12.3 Å². The summed E-state index contributed by atoms with van der Waals surface area (Å²) in [5.74, 6) is 2.45. The fourth-order valence-corrected chi connectivity index (χ4v) is 1.48. The molecule has 1 aromatic rings. The van der Waals surface area contributed by atoms with Gasteiger partial charge in [-0.05, 0) is 31.2 Å². The van der Waals surface area contributed by atoms with Crippen molar-refractivity contribution < 1.29 is 4.79 Å². The Hall–Kier alpha value is -1.27. The molecule has 0 atom stereocenters. The largest absolute Gasteiger partial charge is 0.328 e. The Morgan fingerprint density at radius 2 is 2.07 bits per heavy atom. The molecule has 0 radical (unpaired) electrons. The van der Waals surface area contributed by atoms with Gasteiger partial charge in [-0.3, -0.25) is 4.79 Å². The third-order valence-electron chi connectivity index (χ3n) is 2.04. The van der Waals surface area contributed by atoms with Crippen LogP contribution in [0.5, 0.6) is 0 Å². The molecule has 0 heterocycles. The summed E-state index contributed by atoms with van der Waals surface area (Å²) < 4.78 is 0.957. The van der Waals surface area contributed by atoms with Crippen LogP contribution < -0.4 is 0 Å². The minimum Gasteiger partial charge on any atom is -0.328 e. The van der Waals surface area contributed by atoms with Gasteiger partial charge in [0.1, 0.15) is 0 Å². The number of rotatable bonds is 3. The van der Waals surface area contributed by atoms with Crippen LogP contribution in [0.1, 0.15) is 17.3 Å². The van der Waals surface area contributed by atoms with E-state index in [4.69, 9.17) is 6.42 Å². The molecular weight excluding hydrogens is 254 g/mol. The zero-order chi connectivity index (χ0) is 11.3. The van der Waals surface area contributed by atoms with E-state index in [0.717, 1.165) is 4.47 Å². The monoisotopic (exact) mass is 265 g/mol. The lowest BCUT2D eigenvalue weighted by Gasteiger charge is -2.17. The minimum absolute atomic E-state index is 0.0250. The molecule has 0 unspecified atom stereocenters. The van der Waals surface area contributed by atoms with E-state index in [1.165, 1.54) is 0 Å². The van der Waals surface area contributed by atoms with Gasteiger partial charge >= 0.3 is 0 Å². The standard InChI is InChI=1S/C12H12BrNO/c1-3-9-14(4-2)12(15)10-5-7-11(13)8-6-10/h1,5-8H,4,9H2,2H3. The van der Waals surface area contributed by atoms with Crippen molar-refractivity contribution in [1.29, 1.82) is 0 Å². The Bertz CT molecular complexity index is 378. The van der Waals surface area contributed by atoms with Gasteiger partial charge in [0.25, 0.3) is 5.91 Å². The first-order valence-electron chi connectivity index (χ1n) is 4.67. The Kier molecular flexibility index (Phi) is 4.38. The number of nitrogens with zero attached hydrogens (tertiary/aromatic N) is 1. The lowest BCUT2D eigenvalue weighted by Crippen LogP contribution is -2.31. The van der Waals surface area contributed by atoms with Gasteiger partial charge in [0.15, 0.2) is 0 Å². The SMILES string of the molecule is C#CCN(CC)C(=O)c1ccc(Br)cc1. The van der Waals surface area contributed by atoms with E-state index in [1.54, 1.807) is 17.0 Å². The summed E-state index contributed by atoms with van der Waals surface area (Å²) in [7, 11) is 0. The lowest BCUT2D eigenvalue weighted by atomic mass is 10.2. The van der Waals surface area contributed by atoms with E-state index in [2.05, 4.69) is 21.9 Å². The van der Waals surface area contributed by atoms with Gasteiger partial charge in [0, 0.05) is 16.6 Å². The summed E-state index contributed by atoms with van der Waals surface area (Å²) in [4.78, 5) is 13.5. The van der Waals surface area contributed by atoms with Gasteiger partial charge in [-0.25, -0.2) is 0 Å². The molecule has 1 amide bonds. The Balaban J connectivity index is 2.84.